The minimum absolute atomic E-state index is 0.490. The summed E-state index contributed by atoms with van der Waals surface area (Å²) in [5, 5.41) is 8.77. The standard InChI is InChI=1S/C10H13N3O/c1-2-14-9-5-3-4-8(6-9)10(7-11)13-12/h3-6,10,13H,2,12H2,1H3. The fourth-order valence-electron chi connectivity index (χ4n) is 1.16. The molecular weight excluding hydrogens is 178 g/mol. The van der Waals surface area contributed by atoms with Crippen LogP contribution in [0.5, 0.6) is 5.75 Å². The number of nitriles is 1. The number of rotatable bonds is 4. The fraction of sp³-hybridized carbons (Fsp3) is 0.300. The second kappa shape index (κ2) is 5.22. The lowest BCUT2D eigenvalue weighted by molar-refractivity contribution is 0.339. The van der Waals surface area contributed by atoms with Gasteiger partial charge < -0.3 is 4.74 Å². The lowest BCUT2D eigenvalue weighted by atomic mass is 10.1. The van der Waals surface area contributed by atoms with E-state index >= 15 is 0 Å². The Morgan fingerprint density at radius 2 is 2.43 bits per heavy atom. The summed E-state index contributed by atoms with van der Waals surface area (Å²) < 4.78 is 5.31. The molecule has 3 N–H and O–H groups in total. The average Bonchev–Trinajstić information content (AvgIpc) is 2.21. The number of nitrogens with two attached hydrogens (primary N) is 1. The van der Waals surface area contributed by atoms with Crippen molar-refractivity contribution in [3.05, 3.63) is 29.8 Å². The van der Waals surface area contributed by atoms with E-state index in [-0.39, 0.29) is 0 Å². The molecule has 0 saturated heterocycles. The van der Waals surface area contributed by atoms with Crippen molar-refractivity contribution in [1.82, 2.24) is 5.43 Å². The van der Waals surface area contributed by atoms with Crippen molar-refractivity contribution in [2.24, 2.45) is 5.84 Å². The Labute approximate surface area is 83.3 Å². The van der Waals surface area contributed by atoms with Gasteiger partial charge in [0.05, 0.1) is 12.7 Å². The first-order valence-electron chi connectivity index (χ1n) is 4.40. The van der Waals surface area contributed by atoms with Crippen LogP contribution in [0.3, 0.4) is 0 Å². The van der Waals surface area contributed by atoms with Gasteiger partial charge in [-0.1, -0.05) is 12.1 Å². The van der Waals surface area contributed by atoms with Crippen LogP contribution in [0.25, 0.3) is 0 Å². The first-order valence-corrected chi connectivity index (χ1v) is 4.40. The summed E-state index contributed by atoms with van der Waals surface area (Å²) in [6.07, 6.45) is 0. The minimum Gasteiger partial charge on any atom is -0.494 e. The normalized spacial score (nSPS) is 11.8. The maximum atomic E-state index is 8.77. The zero-order valence-corrected chi connectivity index (χ0v) is 8.03. The molecule has 14 heavy (non-hydrogen) atoms. The van der Waals surface area contributed by atoms with E-state index in [1.54, 1.807) is 6.07 Å². The van der Waals surface area contributed by atoms with E-state index in [0.717, 1.165) is 11.3 Å². The summed E-state index contributed by atoms with van der Waals surface area (Å²) >= 11 is 0. The second-order valence-corrected chi connectivity index (χ2v) is 2.73. The van der Waals surface area contributed by atoms with Crippen LogP contribution < -0.4 is 16.0 Å². The molecule has 1 unspecified atom stereocenters. The molecule has 1 aromatic carbocycles. The van der Waals surface area contributed by atoms with E-state index in [0.29, 0.717) is 6.61 Å². The molecule has 4 heteroatoms. The maximum Gasteiger partial charge on any atom is 0.133 e. The predicted octanol–water partition coefficient (Wildman–Crippen LogP) is 1.11. The van der Waals surface area contributed by atoms with E-state index < -0.39 is 6.04 Å². The number of benzene rings is 1. The highest BCUT2D eigenvalue weighted by atomic mass is 16.5. The molecule has 0 aliphatic heterocycles. The van der Waals surface area contributed by atoms with Crippen LogP contribution in [0, 0.1) is 11.3 Å². The van der Waals surface area contributed by atoms with Gasteiger partial charge in [-0.25, -0.2) is 5.43 Å². The molecule has 0 bridgehead atoms. The van der Waals surface area contributed by atoms with Gasteiger partial charge in [0.25, 0.3) is 0 Å². The molecule has 0 spiro atoms. The molecule has 0 saturated carbocycles. The summed E-state index contributed by atoms with van der Waals surface area (Å²) in [4.78, 5) is 0. The van der Waals surface area contributed by atoms with Crippen molar-refractivity contribution in [1.29, 1.82) is 5.26 Å². The largest absolute Gasteiger partial charge is 0.494 e. The van der Waals surface area contributed by atoms with Crippen molar-refractivity contribution in [3.8, 4) is 11.8 Å². The lowest BCUT2D eigenvalue weighted by Crippen LogP contribution is -2.26. The number of hydrogen-bond donors (Lipinski definition) is 2. The molecular formula is C10H13N3O. The smallest absolute Gasteiger partial charge is 0.133 e. The molecule has 0 heterocycles. The first-order chi connectivity index (χ1) is 6.81. The molecule has 0 aromatic heterocycles. The Hall–Kier alpha value is -1.57. The highest BCUT2D eigenvalue weighted by Gasteiger charge is 2.07. The number of hydrogen-bond acceptors (Lipinski definition) is 4. The molecule has 0 amide bonds. The van der Waals surface area contributed by atoms with E-state index in [1.807, 2.05) is 31.2 Å². The van der Waals surface area contributed by atoms with Crippen molar-refractivity contribution in [3.63, 3.8) is 0 Å². The molecule has 0 aliphatic carbocycles. The Morgan fingerprint density at radius 3 is 3.00 bits per heavy atom. The molecule has 4 nitrogen and oxygen atoms in total. The summed E-state index contributed by atoms with van der Waals surface area (Å²) in [7, 11) is 0. The quantitative estimate of drug-likeness (QED) is 0.552. The second-order valence-electron chi connectivity index (χ2n) is 2.73. The Balaban J connectivity index is 2.88. The van der Waals surface area contributed by atoms with Crippen molar-refractivity contribution >= 4 is 0 Å². The van der Waals surface area contributed by atoms with Crippen LogP contribution >= 0.6 is 0 Å². The van der Waals surface area contributed by atoms with Crippen LogP contribution in [0.15, 0.2) is 24.3 Å². The number of nitrogens with one attached hydrogen (secondary N) is 1. The van der Waals surface area contributed by atoms with Gasteiger partial charge in [-0.2, -0.15) is 5.26 Å². The summed E-state index contributed by atoms with van der Waals surface area (Å²) in [6, 6.07) is 8.87. The van der Waals surface area contributed by atoms with Crippen molar-refractivity contribution in [2.75, 3.05) is 6.61 Å². The van der Waals surface area contributed by atoms with Crippen LogP contribution in [0.1, 0.15) is 18.5 Å². The van der Waals surface area contributed by atoms with Gasteiger partial charge in [-0.05, 0) is 24.6 Å². The number of hydrazine groups is 1. The fourth-order valence-corrected chi connectivity index (χ4v) is 1.16. The van der Waals surface area contributed by atoms with Gasteiger partial charge in [-0.15, -0.1) is 0 Å². The van der Waals surface area contributed by atoms with Crippen LogP contribution in [-0.2, 0) is 0 Å². The van der Waals surface area contributed by atoms with Crippen LogP contribution in [-0.4, -0.2) is 6.61 Å². The number of nitrogens with zero attached hydrogens (tertiary/aromatic N) is 1. The van der Waals surface area contributed by atoms with E-state index in [4.69, 9.17) is 15.8 Å². The van der Waals surface area contributed by atoms with Crippen molar-refractivity contribution in [2.45, 2.75) is 13.0 Å². The van der Waals surface area contributed by atoms with Gasteiger partial charge >= 0.3 is 0 Å². The van der Waals surface area contributed by atoms with E-state index in [1.165, 1.54) is 0 Å². The van der Waals surface area contributed by atoms with Gasteiger partial charge in [0.2, 0.25) is 0 Å². The van der Waals surface area contributed by atoms with Crippen molar-refractivity contribution < 1.29 is 4.74 Å². The third-order valence-corrected chi connectivity index (χ3v) is 1.80. The average molecular weight is 191 g/mol. The van der Waals surface area contributed by atoms with Gasteiger partial charge in [0.1, 0.15) is 11.8 Å². The van der Waals surface area contributed by atoms with E-state index in [2.05, 4.69) is 5.43 Å². The third kappa shape index (κ3) is 2.46. The predicted molar refractivity (Wildman–Crippen MR) is 53.3 cm³/mol. The Morgan fingerprint density at radius 1 is 1.64 bits per heavy atom. The molecule has 0 aliphatic rings. The SMILES string of the molecule is CCOc1cccc(C(C#N)NN)c1. The van der Waals surface area contributed by atoms with Gasteiger partial charge in [0, 0.05) is 0 Å². The van der Waals surface area contributed by atoms with Crippen LogP contribution in [0.2, 0.25) is 0 Å². The molecule has 1 rings (SSSR count). The third-order valence-electron chi connectivity index (χ3n) is 1.80. The minimum atomic E-state index is -0.490. The summed E-state index contributed by atoms with van der Waals surface area (Å²) in [5.74, 6) is 5.98. The molecule has 1 atom stereocenters. The monoisotopic (exact) mass is 191 g/mol. The Kier molecular flexibility index (Phi) is 3.92. The first kappa shape index (κ1) is 10.5. The lowest BCUT2D eigenvalue weighted by Gasteiger charge is -2.09. The number of ether oxygens (including phenoxy) is 1. The zero-order chi connectivity index (χ0) is 10.4. The van der Waals surface area contributed by atoms with Gasteiger partial charge in [0.15, 0.2) is 0 Å². The molecule has 1 aromatic rings. The highest BCUT2D eigenvalue weighted by Crippen LogP contribution is 2.18. The summed E-state index contributed by atoms with van der Waals surface area (Å²) in [5.41, 5.74) is 3.23. The summed E-state index contributed by atoms with van der Waals surface area (Å²) in [6.45, 7) is 2.52. The Bertz CT molecular complexity index is 332. The molecule has 0 fully saturated rings. The topological polar surface area (TPSA) is 71.1 Å². The maximum absolute atomic E-state index is 8.77. The van der Waals surface area contributed by atoms with Gasteiger partial charge in [-0.3, -0.25) is 5.84 Å². The van der Waals surface area contributed by atoms with E-state index in [9.17, 15) is 0 Å². The highest BCUT2D eigenvalue weighted by molar-refractivity contribution is 5.32. The molecule has 0 radical (unpaired) electrons. The zero-order valence-electron chi connectivity index (χ0n) is 8.03. The molecule has 74 valence electrons. The van der Waals surface area contributed by atoms with Crippen LogP contribution in [0.4, 0.5) is 0 Å².